The van der Waals surface area contributed by atoms with E-state index in [0.29, 0.717) is 18.6 Å². The van der Waals surface area contributed by atoms with E-state index in [1.165, 1.54) is 11.8 Å². The zero-order valence-corrected chi connectivity index (χ0v) is 21.8. The maximum atomic E-state index is 13.1. The Hall–Kier alpha value is -3.07. The number of aliphatic imine (C=N–C) groups is 1. The largest absolute Gasteiger partial charge is 0.480 e. The number of carbonyl (C=O) groups excluding carboxylic acids is 4. The monoisotopic (exact) mass is 532 g/mol. The number of hydrogen-bond acceptors (Lipinski definition) is 8. The highest BCUT2D eigenvalue weighted by molar-refractivity contribution is 7.98. The van der Waals surface area contributed by atoms with Gasteiger partial charge in [0.05, 0.1) is 6.04 Å². The van der Waals surface area contributed by atoms with Crippen molar-refractivity contribution in [2.75, 3.05) is 18.6 Å². The van der Waals surface area contributed by atoms with Gasteiger partial charge in [0.2, 0.25) is 23.6 Å². The van der Waals surface area contributed by atoms with E-state index < -0.39 is 59.7 Å². The number of rotatable bonds is 18. The fraction of sp³-hybridized carbons (Fsp3) is 0.714. The van der Waals surface area contributed by atoms with E-state index >= 15 is 0 Å². The van der Waals surface area contributed by atoms with Gasteiger partial charge in [-0.1, -0.05) is 13.8 Å². The molecule has 0 saturated heterocycles. The lowest BCUT2D eigenvalue weighted by molar-refractivity contribution is -0.143. The van der Waals surface area contributed by atoms with Gasteiger partial charge in [-0.05, 0) is 43.6 Å². The van der Waals surface area contributed by atoms with E-state index in [1.807, 2.05) is 6.26 Å². The number of primary amides is 1. The molecule has 4 amide bonds. The zero-order chi connectivity index (χ0) is 27.8. The maximum Gasteiger partial charge on any atom is 0.326 e. The molecule has 0 aromatic rings. The molecule has 0 saturated carbocycles. The first-order chi connectivity index (χ1) is 16.8. The quantitative estimate of drug-likeness (QED) is 0.0526. The number of carbonyl (C=O) groups is 5. The number of amides is 4. The highest BCUT2D eigenvalue weighted by Gasteiger charge is 2.31. The van der Waals surface area contributed by atoms with Gasteiger partial charge >= 0.3 is 5.97 Å². The first-order valence-electron chi connectivity index (χ1n) is 11.5. The second-order valence-electron chi connectivity index (χ2n) is 8.53. The summed E-state index contributed by atoms with van der Waals surface area (Å²) in [7, 11) is 0. The van der Waals surface area contributed by atoms with E-state index in [-0.39, 0.29) is 31.8 Å². The molecule has 4 unspecified atom stereocenters. The van der Waals surface area contributed by atoms with Crippen molar-refractivity contribution in [3.8, 4) is 0 Å². The van der Waals surface area contributed by atoms with Gasteiger partial charge in [0.1, 0.15) is 18.1 Å². The average Bonchev–Trinajstić information content (AvgIpc) is 2.79. The minimum atomic E-state index is -1.27. The molecule has 0 bridgehead atoms. The van der Waals surface area contributed by atoms with Crippen molar-refractivity contribution in [1.29, 1.82) is 0 Å². The number of aliphatic carboxylic acids is 1. The summed E-state index contributed by atoms with van der Waals surface area (Å²) in [5.74, 6) is -3.94. The van der Waals surface area contributed by atoms with Gasteiger partial charge in [0.25, 0.3) is 0 Å². The predicted molar refractivity (Wildman–Crippen MR) is 138 cm³/mol. The van der Waals surface area contributed by atoms with Crippen molar-refractivity contribution in [1.82, 2.24) is 16.0 Å². The summed E-state index contributed by atoms with van der Waals surface area (Å²) in [6.07, 6.45) is 2.30. The lowest BCUT2D eigenvalue weighted by Crippen LogP contribution is -2.57. The number of carboxylic acids is 1. The summed E-state index contributed by atoms with van der Waals surface area (Å²) < 4.78 is 0. The Morgan fingerprint density at radius 2 is 1.44 bits per heavy atom. The second-order valence-corrected chi connectivity index (χ2v) is 9.52. The van der Waals surface area contributed by atoms with E-state index in [2.05, 4.69) is 20.9 Å². The first-order valence-corrected chi connectivity index (χ1v) is 12.9. The second kappa shape index (κ2) is 17.4. The van der Waals surface area contributed by atoms with Crippen molar-refractivity contribution in [2.45, 2.75) is 70.1 Å². The van der Waals surface area contributed by atoms with E-state index in [1.54, 1.807) is 13.8 Å². The molecule has 4 atom stereocenters. The van der Waals surface area contributed by atoms with Crippen LogP contribution in [0.25, 0.3) is 0 Å². The average molecular weight is 533 g/mol. The molecule has 0 aromatic carbocycles. The van der Waals surface area contributed by atoms with Crippen LogP contribution in [0.15, 0.2) is 4.99 Å². The summed E-state index contributed by atoms with van der Waals surface area (Å²) in [6, 6.07) is -4.42. The Bertz CT molecular complexity index is 790. The number of hydrogen-bond donors (Lipinski definition) is 8. The van der Waals surface area contributed by atoms with Crippen LogP contribution in [0.1, 0.15) is 46.0 Å². The van der Waals surface area contributed by atoms with Gasteiger partial charge in [-0.2, -0.15) is 11.8 Å². The number of nitrogens with zero attached hydrogens (tertiary/aromatic N) is 1. The molecular formula is C21H40N8O6S. The molecule has 0 aliphatic rings. The van der Waals surface area contributed by atoms with Crippen molar-refractivity contribution >= 4 is 47.3 Å². The number of nitrogens with one attached hydrogen (secondary N) is 3. The molecule has 0 aliphatic carbocycles. The van der Waals surface area contributed by atoms with Crippen molar-refractivity contribution in [3.05, 3.63) is 0 Å². The molecule has 0 heterocycles. The van der Waals surface area contributed by atoms with Gasteiger partial charge < -0.3 is 44.0 Å². The molecule has 0 radical (unpaired) electrons. The van der Waals surface area contributed by atoms with E-state index in [0.717, 1.165) is 0 Å². The minimum absolute atomic E-state index is 0.123. The molecule has 206 valence electrons. The van der Waals surface area contributed by atoms with Crippen LogP contribution in [0.4, 0.5) is 0 Å². The Morgan fingerprint density at radius 1 is 0.889 bits per heavy atom. The van der Waals surface area contributed by atoms with Crippen LogP contribution in [0, 0.1) is 5.92 Å². The topological polar surface area (TPSA) is 258 Å². The smallest absolute Gasteiger partial charge is 0.326 e. The third-order valence-electron chi connectivity index (χ3n) is 5.09. The summed E-state index contributed by atoms with van der Waals surface area (Å²) in [4.78, 5) is 65.1. The normalized spacial score (nSPS) is 14.1. The fourth-order valence-electron chi connectivity index (χ4n) is 3.02. The van der Waals surface area contributed by atoms with Crippen LogP contribution in [-0.2, 0) is 24.0 Å². The molecule has 15 heteroatoms. The number of guanidine groups is 1. The van der Waals surface area contributed by atoms with Crippen molar-refractivity contribution in [2.24, 2.45) is 33.8 Å². The van der Waals surface area contributed by atoms with Gasteiger partial charge in [-0.25, -0.2) is 4.79 Å². The predicted octanol–water partition coefficient (Wildman–Crippen LogP) is -2.42. The number of carboxylic acid groups (broad SMARTS) is 1. The molecule has 0 rings (SSSR count). The zero-order valence-electron chi connectivity index (χ0n) is 21.0. The first kappa shape index (κ1) is 32.9. The summed E-state index contributed by atoms with van der Waals surface area (Å²) >= 11 is 1.52. The lowest BCUT2D eigenvalue weighted by atomic mass is 10.0. The maximum absolute atomic E-state index is 13.1. The van der Waals surface area contributed by atoms with Crippen molar-refractivity contribution in [3.63, 3.8) is 0 Å². The molecule has 0 fully saturated rings. The van der Waals surface area contributed by atoms with Crippen LogP contribution < -0.4 is 38.9 Å². The van der Waals surface area contributed by atoms with Gasteiger partial charge in [0, 0.05) is 13.0 Å². The van der Waals surface area contributed by atoms with Crippen LogP contribution in [0.2, 0.25) is 0 Å². The van der Waals surface area contributed by atoms with Crippen LogP contribution in [0.3, 0.4) is 0 Å². The molecule has 12 N–H and O–H groups in total. The highest BCUT2D eigenvalue weighted by atomic mass is 32.2. The van der Waals surface area contributed by atoms with Gasteiger partial charge in [0.15, 0.2) is 5.96 Å². The van der Waals surface area contributed by atoms with Crippen molar-refractivity contribution < 1.29 is 29.1 Å². The summed E-state index contributed by atoms with van der Waals surface area (Å²) in [5, 5.41) is 16.8. The van der Waals surface area contributed by atoms with E-state index in [4.69, 9.17) is 22.9 Å². The number of thioether (sulfide) groups is 1. The minimum Gasteiger partial charge on any atom is -0.480 e. The molecule has 0 aromatic heterocycles. The molecular weight excluding hydrogens is 492 g/mol. The Balaban J connectivity index is 5.63. The standard InChI is InChI=1S/C21H40N8O6S/c1-11(2)16(20(34)35)29-19(33)14(6-7-15(23)30)28-18(32)13(5-4-9-26-21(24)25)27-17(31)12(22)8-10-36-3/h11-14,16H,4-10,22H2,1-3H3,(H2,23,30)(H,27,31)(H,28,32)(H,29,33)(H,34,35)(H4,24,25,26). The fourth-order valence-corrected chi connectivity index (χ4v) is 3.51. The molecule has 0 aliphatic heterocycles. The Morgan fingerprint density at radius 3 is 1.94 bits per heavy atom. The highest BCUT2D eigenvalue weighted by Crippen LogP contribution is 2.07. The SMILES string of the molecule is CSCCC(N)C(=O)NC(CCCN=C(N)N)C(=O)NC(CCC(N)=O)C(=O)NC(C(=O)O)C(C)C. The number of nitrogens with two attached hydrogens (primary N) is 4. The van der Waals surface area contributed by atoms with E-state index in [9.17, 15) is 29.1 Å². The Kier molecular flexibility index (Phi) is 15.9. The summed E-state index contributed by atoms with van der Waals surface area (Å²) in [6.45, 7) is 3.41. The summed E-state index contributed by atoms with van der Waals surface area (Å²) in [5.41, 5.74) is 21.7. The Labute approximate surface area is 215 Å². The molecule has 0 spiro atoms. The van der Waals surface area contributed by atoms with Crippen LogP contribution in [0.5, 0.6) is 0 Å². The molecule has 14 nitrogen and oxygen atoms in total. The van der Waals surface area contributed by atoms with Gasteiger partial charge in [-0.15, -0.1) is 0 Å². The van der Waals surface area contributed by atoms with Crippen LogP contribution in [-0.4, -0.2) is 83.4 Å². The lowest BCUT2D eigenvalue weighted by Gasteiger charge is -2.26. The third-order valence-corrected chi connectivity index (χ3v) is 5.73. The van der Waals surface area contributed by atoms with Crippen LogP contribution >= 0.6 is 11.8 Å². The van der Waals surface area contributed by atoms with Gasteiger partial charge in [-0.3, -0.25) is 24.2 Å². The molecule has 36 heavy (non-hydrogen) atoms. The third kappa shape index (κ3) is 13.7.